The molecule has 0 saturated heterocycles. The van der Waals surface area contributed by atoms with E-state index in [1.54, 1.807) is 10.6 Å². The van der Waals surface area contributed by atoms with Gasteiger partial charge >= 0.3 is 0 Å². The standard InChI is InChI=1S/C20H20BrN3O2S/c1-3-12-24-19(26)16-6-4-5-7-17(16)23-20(24)27-13(2)18(25)22-15-10-8-14(21)9-11-15/h4-11,13H,3,12H2,1-2H3,(H,22,25). The van der Waals surface area contributed by atoms with Gasteiger partial charge in [0.25, 0.3) is 5.56 Å². The van der Waals surface area contributed by atoms with Gasteiger partial charge in [-0.3, -0.25) is 14.2 Å². The molecule has 0 aliphatic carbocycles. The average molecular weight is 446 g/mol. The molecule has 0 fully saturated rings. The van der Waals surface area contributed by atoms with Crippen LogP contribution in [0.1, 0.15) is 20.3 Å². The first-order chi connectivity index (χ1) is 13.0. The van der Waals surface area contributed by atoms with Gasteiger partial charge in [0.15, 0.2) is 5.16 Å². The largest absolute Gasteiger partial charge is 0.325 e. The van der Waals surface area contributed by atoms with Crippen molar-refractivity contribution in [3.05, 3.63) is 63.4 Å². The zero-order chi connectivity index (χ0) is 19.4. The molecular weight excluding hydrogens is 426 g/mol. The minimum Gasteiger partial charge on any atom is -0.325 e. The van der Waals surface area contributed by atoms with Gasteiger partial charge in [0.1, 0.15) is 0 Å². The highest BCUT2D eigenvalue weighted by Gasteiger charge is 2.19. The maximum absolute atomic E-state index is 12.8. The number of thioether (sulfide) groups is 1. The third-order valence-electron chi connectivity index (χ3n) is 4.04. The highest BCUT2D eigenvalue weighted by molar-refractivity contribution is 9.10. The molecule has 1 N–H and O–H groups in total. The first kappa shape index (κ1) is 19.6. The number of amides is 1. The van der Waals surface area contributed by atoms with Crippen LogP contribution in [-0.2, 0) is 11.3 Å². The summed E-state index contributed by atoms with van der Waals surface area (Å²) in [5.41, 5.74) is 1.32. The number of nitrogens with one attached hydrogen (secondary N) is 1. The number of hydrogen-bond donors (Lipinski definition) is 1. The molecule has 1 amide bonds. The lowest BCUT2D eigenvalue weighted by atomic mass is 10.2. The molecule has 0 bridgehead atoms. The second-order valence-corrected chi connectivity index (χ2v) is 8.35. The lowest BCUT2D eigenvalue weighted by molar-refractivity contribution is -0.115. The minimum atomic E-state index is -0.398. The number of fused-ring (bicyclic) bond motifs is 1. The number of carbonyl (C=O) groups is 1. The summed E-state index contributed by atoms with van der Waals surface area (Å²) in [6, 6.07) is 14.7. The van der Waals surface area contributed by atoms with E-state index in [9.17, 15) is 9.59 Å². The molecule has 3 aromatic rings. The van der Waals surface area contributed by atoms with Crippen LogP contribution in [0.5, 0.6) is 0 Å². The summed E-state index contributed by atoms with van der Waals surface area (Å²) in [4.78, 5) is 30.0. The van der Waals surface area contributed by atoms with Gasteiger partial charge in [-0.2, -0.15) is 0 Å². The van der Waals surface area contributed by atoms with Gasteiger partial charge in [-0.25, -0.2) is 4.98 Å². The van der Waals surface area contributed by atoms with Gasteiger partial charge in [0, 0.05) is 16.7 Å². The Hall–Kier alpha value is -2.12. The fourth-order valence-electron chi connectivity index (χ4n) is 2.65. The molecule has 3 rings (SSSR count). The molecular formula is C20H20BrN3O2S. The Morgan fingerprint density at radius 3 is 2.63 bits per heavy atom. The van der Waals surface area contributed by atoms with Gasteiger partial charge in [-0.1, -0.05) is 46.7 Å². The van der Waals surface area contributed by atoms with Gasteiger partial charge in [-0.05, 0) is 49.7 Å². The summed E-state index contributed by atoms with van der Waals surface area (Å²) in [6.45, 7) is 4.40. The van der Waals surface area contributed by atoms with Crippen molar-refractivity contribution in [3.63, 3.8) is 0 Å². The predicted molar refractivity (Wildman–Crippen MR) is 114 cm³/mol. The fraction of sp³-hybridized carbons (Fsp3) is 0.250. The van der Waals surface area contributed by atoms with E-state index in [2.05, 4.69) is 26.2 Å². The normalized spacial score (nSPS) is 12.1. The molecule has 0 spiro atoms. The van der Waals surface area contributed by atoms with Gasteiger partial charge < -0.3 is 5.32 Å². The van der Waals surface area contributed by atoms with E-state index in [0.29, 0.717) is 22.6 Å². The number of anilines is 1. The van der Waals surface area contributed by atoms with E-state index >= 15 is 0 Å². The summed E-state index contributed by atoms with van der Waals surface area (Å²) < 4.78 is 2.61. The highest BCUT2D eigenvalue weighted by atomic mass is 79.9. The Bertz CT molecular complexity index is 1020. The zero-order valence-electron chi connectivity index (χ0n) is 15.1. The van der Waals surface area contributed by atoms with Crippen LogP contribution in [0.15, 0.2) is 63.0 Å². The Labute approximate surface area is 170 Å². The Kier molecular flexibility index (Phi) is 6.34. The third kappa shape index (κ3) is 4.59. The van der Waals surface area contributed by atoms with Crippen molar-refractivity contribution in [2.75, 3.05) is 5.32 Å². The summed E-state index contributed by atoms with van der Waals surface area (Å²) in [5, 5.41) is 3.67. The lowest BCUT2D eigenvalue weighted by Crippen LogP contribution is -2.27. The highest BCUT2D eigenvalue weighted by Crippen LogP contribution is 2.24. The number of para-hydroxylation sites is 1. The first-order valence-corrected chi connectivity index (χ1v) is 10.4. The lowest BCUT2D eigenvalue weighted by Gasteiger charge is -2.16. The number of halogens is 1. The second kappa shape index (κ2) is 8.71. The monoisotopic (exact) mass is 445 g/mol. The molecule has 1 aromatic heterocycles. The Morgan fingerprint density at radius 1 is 1.22 bits per heavy atom. The number of benzene rings is 2. The molecule has 7 heteroatoms. The Balaban J connectivity index is 1.85. The topological polar surface area (TPSA) is 64.0 Å². The van der Waals surface area contributed by atoms with Gasteiger partial charge in [0.05, 0.1) is 16.2 Å². The van der Waals surface area contributed by atoms with E-state index in [-0.39, 0.29) is 11.5 Å². The molecule has 27 heavy (non-hydrogen) atoms. The summed E-state index contributed by atoms with van der Waals surface area (Å²) >= 11 is 4.68. The summed E-state index contributed by atoms with van der Waals surface area (Å²) in [6.07, 6.45) is 0.812. The summed E-state index contributed by atoms with van der Waals surface area (Å²) in [7, 11) is 0. The SMILES string of the molecule is CCCn1c(SC(C)C(=O)Nc2ccc(Br)cc2)nc2ccccc2c1=O. The van der Waals surface area contributed by atoms with Crippen molar-refractivity contribution in [3.8, 4) is 0 Å². The molecule has 5 nitrogen and oxygen atoms in total. The number of carbonyl (C=O) groups excluding carboxylic acids is 1. The number of hydrogen-bond acceptors (Lipinski definition) is 4. The quantitative estimate of drug-likeness (QED) is 0.441. The Morgan fingerprint density at radius 2 is 1.93 bits per heavy atom. The maximum Gasteiger partial charge on any atom is 0.262 e. The molecule has 140 valence electrons. The molecule has 0 aliphatic rings. The predicted octanol–water partition coefficient (Wildman–Crippen LogP) is 4.69. The van der Waals surface area contributed by atoms with E-state index in [1.807, 2.05) is 56.3 Å². The number of nitrogens with zero attached hydrogens (tertiary/aromatic N) is 2. The van der Waals surface area contributed by atoms with Crippen molar-refractivity contribution < 1.29 is 4.79 Å². The molecule has 0 radical (unpaired) electrons. The first-order valence-electron chi connectivity index (χ1n) is 8.72. The van der Waals surface area contributed by atoms with Crippen LogP contribution in [0.4, 0.5) is 5.69 Å². The second-order valence-electron chi connectivity index (χ2n) is 6.12. The van der Waals surface area contributed by atoms with E-state index in [0.717, 1.165) is 16.6 Å². The van der Waals surface area contributed by atoms with E-state index < -0.39 is 5.25 Å². The van der Waals surface area contributed by atoms with Crippen LogP contribution < -0.4 is 10.9 Å². The van der Waals surface area contributed by atoms with Crippen LogP contribution in [0.2, 0.25) is 0 Å². The van der Waals surface area contributed by atoms with Crippen molar-refractivity contribution in [1.29, 1.82) is 0 Å². The van der Waals surface area contributed by atoms with Crippen molar-refractivity contribution >= 4 is 50.2 Å². The number of rotatable bonds is 6. The van der Waals surface area contributed by atoms with Crippen LogP contribution in [0, 0.1) is 0 Å². The van der Waals surface area contributed by atoms with Crippen LogP contribution in [0.25, 0.3) is 10.9 Å². The van der Waals surface area contributed by atoms with Crippen LogP contribution in [-0.4, -0.2) is 20.7 Å². The zero-order valence-corrected chi connectivity index (χ0v) is 17.5. The van der Waals surface area contributed by atoms with Crippen molar-refractivity contribution in [2.24, 2.45) is 0 Å². The number of aromatic nitrogens is 2. The van der Waals surface area contributed by atoms with Crippen molar-refractivity contribution in [1.82, 2.24) is 9.55 Å². The molecule has 0 saturated carbocycles. The van der Waals surface area contributed by atoms with Gasteiger partial charge in [0.2, 0.25) is 5.91 Å². The van der Waals surface area contributed by atoms with E-state index in [1.165, 1.54) is 11.8 Å². The molecule has 1 atom stereocenters. The molecule has 1 unspecified atom stereocenters. The van der Waals surface area contributed by atoms with Gasteiger partial charge in [-0.15, -0.1) is 0 Å². The van der Waals surface area contributed by atoms with Crippen molar-refractivity contribution in [2.45, 2.75) is 37.2 Å². The molecule has 2 aromatic carbocycles. The average Bonchev–Trinajstić information content (AvgIpc) is 2.66. The maximum atomic E-state index is 12.8. The molecule has 1 heterocycles. The third-order valence-corrected chi connectivity index (χ3v) is 5.66. The van der Waals surface area contributed by atoms with E-state index in [4.69, 9.17) is 0 Å². The van der Waals surface area contributed by atoms with Crippen LogP contribution in [0.3, 0.4) is 0 Å². The summed E-state index contributed by atoms with van der Waals surface area (Å²) in [5.74, 6) is -0.132. The fourth-order valence-corrected chi connectivity index (χ4v) is 3.85. The molecule has 0 aliphatic heterocycles. The van der Waals surface area contributed by atoms with Crippen LogP contribution >= 0.6 is 27.7 Å². The smallest absolute Gasteiger partial charge is 0.262 e. The minimum absolute atomic E-state index is 0.0644.